The van der Waals surface area contributed by atoms with Crippen LogP contribution in [0.3, 0.4) is 0 Å². The summed E-state index contributed by atoms with van der Waals surface area (Å²) in [6.45, 7) is 6.53. The summed E-state index contributed by atoms with van der Waals surface area (Å²) in [6.07, 6.45) is 0. The average molecular weight is 305 g/mol. The average Bonchev–Trinajstić information content (AvgIpc) is 2.87. The van der Waals surface area contributed by atoms with E-state index in [-0.39, 0.29) is 5.91 Å². The van der Waals surface area contributed by atoms with E-state index in [0.29, 0.717) is 34.7 Å². The van der Waals surface area contributed by atoms with Crippen molar-refractivity contribution in [3.8, 4) is 5.75 Å². The van der Waals surface area contributed by atoms with Crippen LogP contribution in [0.2, 0.25) is 0 Å². The molecule has 0 spiro atoms. The van der Waals surface area contributed by atoms with E-state index in [1.807, 2.05) is 12.3 Å². The van der Waals surface area contributed by atoms with Crippen molar-refractivity contribution in [2.24, 2.45) is 0 Å². The monoisotopic (exact) mass is 305 g/mol. The van der Waals surface area contributed by atoms with Crippen LogP contribution < -0.4 is 15.8 Å². The summed E-state index contributed by atoms with van der Waals surface area (Å²) in [6, 6.07) is 4.99. The van der Waals surface area contributed by atoms with Crippen molar-refractivity contribution >= 4 is 28.1 Å². The minimum absolute atomic E-state index is 0.243. The van der Waals surface area contributed by atoms with Crippen LogP contribution in [0.15, 0.2) is 23.6 Å². The number of aromatic nitrogens is 1. The SMILES string of the molecule is CCOc1cc(N)cc(C(=O)Nc2nc(C(C)C)cs2)c1. The van der Waals surface area contributed by atoms with Crippen molar-refractivity contribution in [1.29, 1.82) is 0 Å². The number of benzene rings is 1. The number of hydrogen-bond donors (Lipinski definition) is 2. The van der Waals surface area contributed by atoms with Gasteiger partial charge in [-0.3, -0.25) is 10.1 Å². The van der Waals surface area contributed by atoms with Crippen LogP contribution in [0, 0.1) is 0 Å². The molecule has 0 saturated heterocycles. The fraction of sp³-hybridized carbons (Fsp3) is 0.333. The molecular weight excluding hydrogens is 286 g/mol. The molecule has 0 aliphatic heterocycles. The van der Waals surface area contributed by atoms with Gasteiger partial charge in [-0.2, -0.15) is 0 Å². The van der Waals surface area contributed by atoms with Crippen LogP contribution in [-0.4, -0.2) is 17.5 Å². The number of thiazole rings is 1. The Balaban J connectivity index is 2.15. The second-order valence-electron chi connectivity index (χ2n) is 4.91. The number of nitrogens with zero attached hydrogens (tertiary/aromatic N) is 1. The number of anilines is 2. The van der Waals surface area contributed by atoms with Crippen molar-refractivity contribution in [2.75, 3.05) is 17.7 Å². The lowest BCUT2D eigenvalue weighted by atomic mass is 10.1. The van der Waals surface area contributed by atoms with Crippen molar-refractivity contribution in [3.63, 3.8) is 0 Å². The van der Waals surface area contributed by atoms with Crippen LogP contribution in [0.5, 0.6) is 5.75 Å². The Bertz CT molecular complexity index is 638. The molecule has 0 aliphatic rings. The topological polar surface area (TPSA) is 77.2 Å². The van der Waals surface area contributed by atoms with Crippen molar-refractivity contribution in [1.82, 2.24) is 4.98 Å². The number of ether oxygens (including phenoxy) is 1. The number of carbonyl (C=O) groups excluding carboxylic acids is 1. The van der Waals surface area contributed by atoms with E-state index >= 15 is 0 Å². The fourth-order valence-corrected chi connectivity index (χ4v) is 2.65. The minimum atomic E-state index is -0.243. The number of amides is 1. The Morgan fingerprint density at radius 1 is 1.43 bits per heavy atom. The third-order valence-electron chi connectivity index (χ3n) is 2.84. The lowest BCUT2D eigenvalue weighted by Crippen LogP contribution is -2.12. The maximum Gasteiger partial charge on any atom is 0.257 e. The molecule has 0 saturated carbocycles. The fourth-order valence-electron chi connectivity index (χ4n) is 1.78. The highest BCUT2D eigenvalue weighted by Gasteiger charge is 2.12. The Kier molecular flexibility index (Phi) is 4.80. The number of nitrogens with one attached hydrogen (secondary N) is 1. The quantitative estimate of drug-likeness (QED) is 0.829. The standard InChI is InChI=1S/C15H19N3O2S/c1-4-20-12-6-10(5-11(16)7-12)14(19)18-15-17-13(8-21-15)9(2)3/h5-9H,4,16H2,1-3H3,(H,17,18,19). The molecule has 112 valence electrons. The van der Waals surface area contributed by atoms with E-state index in [0.717, 1.165) is 5.69 Å². The van der Waals surface area contributed by atoms with Gasteiger partial charge in [0.1, 0.15) is 5.75 Å². The number of rotatable bonds is 5. The zero-order chi connectivity index (χ0) is 15.4. The van der Waals surface area contributed by atoms with Crippen LogP contribution >= 0.6 is 11.3 Å². The highest BCUT2D eigenvalue weighted by molar-refractivity contribution is 7.14. The van der Waals surface area contributed by atoms with Gasteiger partial charge in [0.05, 0.1) is 12.3 Å². The molecule has 0 aliphatic carbocycles. The third kappa shape index (κ3) is 3.95. The second kappa shape index (κ2) is 6.58. The first-order valence-corrected chi connectivity index (χ1v) is 7.67. The van der Waals surface area contributed by atoms with Gasteiger partial charge in [-0.05, 0) is 25.0 Å². The first kappa shape index (κ1) is 15.3. The summed E-state index contributed by atoms with van der Waals surface area (Å²) in [4.78, 5) is 16.6. The molecular formula is C15H19N3O2S. The Morgan fingerprint density at radius 2 is 2.19 bits per heavy atom. The van der Waals surface area contributed by atoms with Gasteiger partial charge < -0.3 is 10.5 Å². The van der Waals surface area contributed by atoms with Gasteiger partial charge in [0.2, 0.25) is 0 Å². The second-order valence-corrected chi connectivity index (χ2v) is 5.77. The normalized spacial score (nSPS) is 10.7. The number of carbonyl (C=O) groups is 1. The molecule has 0 unspecified atom stereocenters. The van der Waals surface area contributed by atoms with E-state index in [1.54, 1.807) is 18.2 Å². The van der Waals surface area contributed by atoms with Gasteiger partial charge in [0, 0.05) is 22.7 Å². The van der Waals surface area contributed by atoms with Gasteiger partial charge in [0.25, 0.3) is 5.91 Å². The van der Waals surface area contributed by atoms with Crippen LogP contribution in [0.1, 0.15) is 42.7 Å². The molecule has 6 heteroatoms. The maximum atomic E-state index is 12.2. The first-order valence-electron chi connectivity index (χ1n) is 6.79. The molecule has 1 amide bonds. The Hall–Kier alpha value is -2.08. The van der Waals surface area contributed by atoms with Crippen molar-refractivity contribution < 1.29 is 9.53 Å². The number of nitrogens with two attached hydrogens (primary N) is 1. The van der Waals surface area contributed by atoms with Crippen molar-refractivity contribution in [3.05, 3.63) is 34.8 Å². The summed E-state index contributed by atoms with van der Waals surface area (Å²) in [5.74, 6) is 0.682. The molecule has 2 rings (SSSR count). The van der Waals surface area contributed by atoms with Gasteiger partial charge in [-0.25, -0.2) is 4.98 Å². The van der Waals surface area contributed by atoms with Crippen LogP contribution in [0.4, 0.5) is 10.8 Å². The largest absolute Gasteiger partial charge is 0.494 e. The summed E-state index contributed by atoms with van der Waals surface area (Å²) >= 11 is 1.41. The lowest BCUT2D eigenvalue weighted by molar-refractivity contribution is 0.102. The molecule has 0 atom stereocenters. The molecule has 0 fully saturated rings. The molecule has 1 aromatic carbocycles. The molecule has 1 heterocycles. The Labute approximate surface area is 128 Å². The number of nitrogen functional groups attached to an aromatic ring is 1. The summed E-state index contributed by atoms with van der Waals surface area (Å²) in [5, 5.41) is 5.32. The minimum Gasteiger partial charge on any atom is -0.494 e. The number of hydrogen-bond acceptors (Lipinski definition) is 5. The molecule has 0 bridgehead atoms. The van der Waals surface area contributed by atoms with E-state index in [2.05, 4.69) is 24.1 Å². The predicted molar refractivity (Wildman–Crippen MR) is 86.2 cm³/mol. The molecule has 5 nitrogen and oxygen atoms in total. The van der Waals surface area contributed by atoms with E-state index < -0.39 is 0 Å². The predicted octanol–water partition coefficient (Wildman–Crippen LogP) is 3.50. The smallest absolute Gasteiger partial charge is 0.257 e. The van der Waals surface area contributed by atoms with Gasteiger partial charge in [-0.15, -0.1) is 11.3 Å². The summed E-state index contributed by atoms with van der Waals surface area (Å²) in [5.41, 5.74) is 7.71. The third-order valence-corrected chi connectivity index (χ3v) is 3.61. The molecule has 0 radical (unpaired) electrons. The highest BCUT2D eigenvalue weighted by Crippen LogP contribution is 2.23. The van der Waals surface area contributed by atoms with Crippen LogP contribution in [0.25, 0.3) is 0 Å². The maximum absolute atomic E-state index is 12.2. The van der Waals surface area contributed by atoms with E-state index in [9.17, 15) is 4.79 Å². The summed E-state index contributed by atoms with van der Waals surface area (Å²) in [7, 11) is 0. The van der Waals surface area contributed by atoms with Gasteiger partial charge >= 0.3 is 0 Å². The molecule has 2 aromatic rings. The molecule has 1 aromatic heterocycles. The van der Waals surface area contributed by atoms with Gasteiger partial charge in [0.15, 0.2) is 5.13 Å². The zero-order valence-corrected chi connectivity index (χ0v) is 13.2. The van der Waals surface area contributed by atoms with Crippen molar-refractivity contribution in [2.45, 2.75) is 26.7 Å². The van der Waals surface area contributed by atoms with Gasteiger partial charge in [-0.1, -0.05) is 13.8 Å². The highest BCUT2D eigenvalue weighted by atomic mass is 32.1. The zero-order valence-electron chi connectivity index (χ0n) is 12.3. The van der Waals surface area contributed by atoms with E-state index in [1.165, 1.54) is 11.3 Å². The van der Waals surface area contributed by atoms with Crippen LogP contribution in [-0.2, 0) is 0 Å². The summed E-state index contributed by atoms with van der Waals surface area (Å²) < 4.78 is 5.39. The van der Waals surface area contributed by atoms with E-state index in [4.69, 9.17) is 10.5 Å². The molecule has 21 heavy (non-hydrogen) atoms. The molecule has 3 N–H and O–H groups in total. The Morgan fingerprint density at radius 3 is 2.81 bits per heavy atom. The first-order chi connectivity index (χ1) is 9.99. The lowest BCUT2D eigenvalue weighted by Gasteiger charge is -2.08.